The summed E-state index contributed by atoms with van der Waals surface area (Å²) in [6.07, 6.45) is 2.82. The highest BCUT2D eigenvalue weighted by atomic mass is 79.9. The van der Waals surface area contributed by atoms with E-state index < -0.39 is 15.6 Å². The molecule has 224 valence electrons. The van der Waals surface area contributed by atoms with Gasteiger partial charge in [0.2, 0.25) is 5.95 Å². The fourth-order valence-electron chi connectivity index (χ4n) is 5.55. The molecule has 2 aromatic heterocycles. The number of nitrogens with zero attached hydrogens (tertiary/aromatic N) is 6. The van der Waals surface area contributed by atoms with Crippen molar-refractivity contribution in [2.45, 2.75) is 30.8 Å². The molecule has 2 aliphatic heterocycles. The Morgan fingerprint density at radius 1 is 1.05 bits per heavy atom. The molecular formula is C28H25BrCl2N6O5S. The molecule has 0 radical (unpaired) electrons. The highest BCUT2D eigenvalue weighted by molar-refractivity contribution is 9.10. The van der Waals surface area contributed by atoms with Gasteiger partial charge in [-0.05, 0) is 49.7 Å². The molecule has 43 heavy (non-hydrogen) atoms. The zero-order chi connectivity index (χ0) is 30.7. The van der Waals surface area contributed by atoms with Crippen molar-refractivity contribution in [1.29, 1.82) is 0 Å². The molecule has 2 amide bonds. The first kappa shape index (κ1) is 29.8. The quantitative estimate of drug-likeness (QED) is 0.276. The number of benzene rings is 2. The Balaban J connectivity index is 1.37. The molecule has 1 unspecified atom stereocenters. The number of imidazole rings is 1. The number of carbonyl (C=O) groups is 2. The maximum Gasteiger partial charge on any atom is 0.260 e. The first-order valence-corrected chi connectivity index (χ1v) is 16.2. The van der Waals surface area contributed by atoms with Crippen molar-refractivity contribution in [1.82, 2.24) is 23.9 Å². The number of carbonyl (C=O) groups excluding carboxylic acids is 2. The summed E-state index contributed by atoms with van der Waals surface area (Å²) in [5.41, 5.74) is 0.173. The number of halogens is 3. The van der Waals surface area contributed by atoms with Gasteiger partial charge >= 0.3 is 0 Å². The first-order valence-electron chi connectivity index (χ1n) is 13.2. The Labute approximate surface area is 266 Å². The lowest BCUT2D eigenvalue weighted by Gasteiger charge is -2.34. The largest absolute Gasteiger partial charge is 0.361 e. The molecule has 0 saturated carbocycles. The van der Waals surface area contributed by atoms with E-state index in [9.17, 15) is 18.0 Å². The molecule has 11 nitrogen and oxygen atoms in total. The van der Waals surface area contributed by atoms with E-state index in [1.165, 1.54) is 26.2 Å². The van der Waals surface area contributed by atoms with Crippen LogP contribution in [0.1, 0.15) is 28.6 Å². The van der Waals surface area contributed by atoms with Crippen molar-refractivity contribution in [3.63, 3.8) is 0 Å². The van der Waals surface area contributed by atoms with Gasteiger partial charge in [0.15, 0.2) is 5.03 Å². The van der Waals surface area contributed by atoms with Crippen LogP contribution in [-0.2, 0) is 26.8 Å². The topological polar surface area (TPSA) is 122 Å². The van der Waals surface area contributed by atoms with Gasteiger partial charge in [0.25, 0.3) is 21.8 Å². The smallest absolute Gasteiger partial charge is 0.260 e. The van der Waals surface area contributed by atoms with Crippen molar-refractivity contribution < 1.29 is 22.5 Å². The standard InChI is InChI=1S/C28H25BrCl2N6O5S/c1-17-23(15-33-42-17)25(38)34-7-9-35(10-8-34)43(40,41)24-16-32-27-36(22-12-20(30)11-21(31)13-22)26(39)28(2,37(24)27)14-18-3-5-19(29)6-4-18/h3-6,11-13,15-16H,7-10,14H2,1-2H3. The summed E-state index contributed by atoms with van der Waals surface area (Å²) >= 11 is 16.0. The van der Waals surface area contributed by atoms with Gasteiger partial charge < -0.3 is 9.42 Å². The predicted molar refractivity (Wildman–Crippen MR) is 163 cm³/mol. The van der Waals surface area contributed by atoms with E-state index in [4.69, 9.17) is 27.7 Å². The lowest BCUT2D eigenvalue weighted by atomic mass is 9.92. The normalized spacial score (nSPS) is 19.2. The van der Waals surface area contributed by atoms with Crippen molar-refractivity contribution in [2.75, 3.05) is 31.1 Å². The first-order chi connectivity index (χ1) is 20.4. The number of hydrogen-bond acceptors (Lipinski definition) is 7. The van der Waals surface area contributed by atoms with Crippen LogP contribution in [0.2, 0.25) is 10.0 Å². The minimum atomic E-state index is -4.14. The van der Waals surface area contributed by atoms with Gasteiger partial charge in [0, 0.05) is 47.1 Å². The minimum absolute atomic E-state index is 0.0594. The third-order valence-electron chi connectivity index (χ3n) is 7.75. The fraction of sp³-hybridized carbons (Fsp3) is 0.286. The van der Waals surface area contributed by atoms with E-state index in [2.05, 4.69) is 26.1 Å². The summed E-state index contributed by atoms with van der Waals surface area (Å²) in [6, 6.07) is 12.2. The Morgan fingerprint density at radius 2 is 1.70 bits per heavy atom. The fourth-order valence-corrected chi connectivity index (χ4v) is 7.94. The zero-order valence-corrected chi connectivity index (χ0v) is 26.9. The van der Waals surface area contributed by atoms with Crippen LogP contribution in [0.4, 0.5) is 11.6 Å². The lowest BCUT2D eigenvalue weighted by Crippen LogP contribution is -2.51. The number of aromatic nitrogens is 3. The highest BCUT2D eigenvalue weighted by Crippen LogP contribution is 2.45. The molecule has 1 atom stereocenters. The van der Waals surface area contributed by atoms with Crippen LogP contribution in [0, 0.1) is 6.92 Å². The summed E-state index contributed by atoms with van der Waals surface area (Å²) in [7, 11) is -4.14. The Kier molecular flexibility index (Phi) is 7.66. The number of fused-ring (bicyclic) bond motifs is 1. The molecule has 0 N–H and O–H groups in total. The zero-order valence-electron chi connectivity index (χ0n) is 23.0. The monoisotopic (exact) mass is 706 g/mol. The van der Waals surface area contributed by atoms with Crippen LogP contribution in [0.3, 0.4) is 0 Å². The number of sulfonamides is 1. The molecule has 1 saturated heterocycles. The molecule has 0 bridgehead atoms. The predicted octanol–water partition coefficient (Wildman–Crippen LogP) is 5.03. The van der Waals surface area contributed by atoms with Crippen molar-refractivity contribution in [3.05, 3.63) is 86.3 Å². The number of hydrogen-bond donors (Lipinski definition) is 0. The summed E-state index contributed by atoms with van der Waals surface area (Å²) in [5.74, 6) is -0.120. The highest BCUT2D eigenvalue weighted by Gasteiger charge is 2.52. The Morgan fingerprint density at radius 3 is 2.30 bits per heavy atom. The molecule has 2 aliphatic rings. The van der Waals surface area contributed by atoms with E-state index in [0.717, 1.165) is 10.0 Å². The molecule has 4 heterocycles. The van der Waals surface area contributed by atoms with E-state index >= 15 is 0 Å². The summed E-state index contributed by atoms with van der Waals surface area (Å²) < 4.78 is 37.0. The molecule has 15 heteroatoms. The molecule has 1 fully saturated rings. The summed E-state index contributed by atoms with van der Waals surface area (Å²) in [5, 5.41) is 4.17. The van der Waals surface area contributed by atoms with Gasteiger partial charge in [-0.1, -0.05) is 56.4 Å². The second kappa shape index (κ2) is 11.0. The van der Waals surface area contributed by atoms with Crippen molar-refractivity contribution in [2.24, 2.45) is 0 Å². The van der Waals surface area contributed by atoms with Gasteiger partial charge in [0.1, 0.15) is 16.9 Å². The average Bonchev–Trinajstić information content (AvgIpc) is 3.65. The maximum absolute atomic E-state index is 14.3. The number of anilines is 2. The van der Waals surface area contributed by atoms with Crippen LogP contribution in [0.5, 0.6) is 0 Å². The van der Waals surface area contributed by atoms with E-state index in [1.54, 1.807) is 36.9 Å². The van der Waals surface area contributed by atoms with Gasteiger partial charge in [-0.3, -0.25) is 14.2 Å². The van der Waals surface area contributed by atoms with Crippen LogP contribution in [0.25, 0.3) is 0 Å². The van der Waals surface area contributed by atoms with Gasteiger partial charge in [-0.2, -0.15) is 4.31 Å². The summed E-state index contributed by atoms with van der Waals surface area (Å²) in [6.45, 7) is 3.81. The van der Waals surface area contributed by atoms with E-state index in [-0.39, 0.29) is 55.4 Å². The van der Waals surface area contributed by atoms with E-state index in [0.29, 0.717) is 27.1 Å². The van der Waals surface area contributed by atoms with Crippen molar-refractivity contribution >= 4 is 72.6 Å². The summed E-state index contributed by atoms with van der Waals surface area (Å²) in [4.78, 5) is 34.6. The number of amides is 2. The molecule has 2 aromatic carbocycles. The van der Waals surface area contributed by atoms with Gasteiger partial charge in [-0.15, -0.1) is 0 Å². The van der Waals surface area contributed by atoms with Crippen molar-refractivity contribution in [3.8, 4) is 0 Å². The number of piperazine rings is 1. The van der Waals surface area contributed by atoms with E-state index in [1.807, 2.05) is 24.3 Å². The lowest BCUT2D eigenvalue weighted by molar-refractivity contribution is -0.124. The van der Waals surface area contributed by atoms with Gasteiger partial charge in [-0.25, -0.2) is 18.3 Å². The average molecular weight is 708 g/mol. The third kappa shape index (κ3) is 5.16. The second-order valence-corrected chi connectivity index (χ2v) is 14.2. The van der Waals surface area contributed by atoms with Crippen LogP contribution < -0.4 is 4.90 Å². The molecule has 0 aliphatic carbocycles. The molecule has 4 aromatic rings. The molecule has 6 rings (SSSR count). The Hall–Kier alpha value is -3.23. The number of rotatable bonds is 6. The molecular weight excluding hydrogens is 683 g/mol. The second-order valence-electron chi connectivity index (χ2n) is 10.6. The Bertz CT molecular complexity index is 1830. The minimum Gasteiger partial charge on any atom is -0.361 e. The third-order valence-corrected chi connectivity index (χ3v) is 10.6. The van der Waals surface area contributed by atoms with Crippen LogP contribution in [-0.4, -0.2) is 70.3 Å². The molecule has 0 spiro atoms. The SMILES string of the molecule is Cc1oncc1C(=O)N1CCN(S(=O)(=O)c2cnc3n2C(C)(Cc2ccc(Br)cc2)C(=O)N3c2cc(Cl)cc(Cl)c2)CC1. The van der Waals surface area contributed by atoms with Gasteiger partial charge in [0.05, 0.1) is 18.1 Å². The number of aryl methyl sites for hydroxylation is 1. The van der Waals surface area contributed by atoms with Crippen LogP contribution >= 0.6 is 39.1 Å². The maximum atomic E-state index is 14.3. The van der Waals surface area contributed by atoms with Crippen LogP contribution in [0.15, 0.2) is 68.9 Å².